The third-order valence-corrected chi connectivity index (χ3v) is 5.98. The minimum absolute atomic E-state index is 0.140. The van der Waals surface area contributed by atoms with E-state index in [2.05, 4.69) is 31.1 Å². The lowest BCUT2D eigenvalue weighted by Gasteiger charge is -2.30. The van der Waals surface area contributed by atoms with Crippen LogP contribution in [0.2, 0.25) is 0 Å². The Morgan fingerprint density at radius 1 is 1.19 bits per heavy atom. The molecule has 0 aliphatic carbocycles. The molecule has 0 radical (unpaired) electrons. The molecule has 31 heavy (non-hydrogen) atoms. The van der Waals surface area contributed by atoms with Crippen LogP contribution >= 0.6 is 27.7 Å². The van der Waals surface area contributed by atoms with Gasteiger partial charge in [-0.25, -0.2) is 0 Å². The van der Waals surface area contributed by atoms with Gasteiger partial charge in [-0.3, -0.25) is 9.69 Å². The van der Waals surface area contributed by atoms with Crippen LogP contribution in [-0.2, 0) is 4.79 Å². The average molecular weight is 497 g/mol. The molecule has 1 aliphatic heterocycles. The average Bonchev–Trinajstić information content (AvgIpc) is 2.89. The fourth-order valence-electron chi connectivity index (χ4n) is 3.45. The van der Waals surface area contributed by atoms with Crippen molar-refractivity contribution in [1.82, 2.24) is 15.2 Å². The highest BCUT2D eigenvalue weighted by Crippen LogP contribution is 2.42. The van der Waals surface area contributed by atoms with Gasteiger partial charge in [0.15, 0.2) is 5.69 Å². The van der Waals surface area contributed by atoms with Crippen LogP contribution < -0.4 is 9.64 Å². The predicted octanol–water partition coefficient (Wildman–Crippen LogP) is 5.59. The molecular formula is C23H21BrN4O2S. The van der Waals surface area contributed by atoms with Gasteiger partial charge >= 0.3 is 0 Å². The van der Waals surface area contributed by atoms with Crippen LogP contribution in [0.3, 0.4) is 0 Å². The van der Waals surface area contributed by atoms with E-state index in [1.165, 1.54) is 18.7 Å². The molecule has 1 aliphatic rings. The van der Waals surface area contributed by atoms with Crippen LogP contribution in [0.1, 0.15) is 26.3 Å². The van der Waals surface area contributed by atoms with Crippen LogP contribution in [-0.4, -0.2) is 33.1 Å². The number of fused-ring (bicyclic) bond motifs is 3. The second-order valence-electron chi connectivity index (χ2n) is 7.00. The third kappa shape index (κ3) is 4.50. The Hall–Kier alpha value is -2.71. The normalized spacial score (nSPS) is 15.5. The molecule has 0 bridgehead atoms. The van der Waals surface area contributed by atoms with E-state index in [0.717, 1.165) is 26.9 Å². The maximum Gasteiger partial charge on any atom is 0.247 e. The molecule has 2 heterocycles. The van der Waals surface area contributed by atoms with E-state index in [-0.39, 0.29) is 5.91 Å². The largest absolute Gasteiger partial charge is 0.447 e. The van der Waals surface area contributed by atoms with Gasteiger partial charge in [-0.2, -0.15) is 4.98 Å². The number of ether oxygens (including phenoxy) is 1. The van der Waals surface area contributed by atoms with Crippen molar-refractivity contribution in [2.24, 2.45) is 0 Å². The fraction of sp³-hybridized carbons (Fsp3) is 0.217. The lowest BCUT2D eigenvalue weighted by molar-refractivity contribution is -0.117. The molecule has 1 unspecified atom stereocenters. The summed E-state index contributed by atoms with van der Waals surface area (Å²) >= 11 is 5.01. The summed E-state index contributed by atoms with van der Waals surface area (Å²) < 4.78 is 7.23. The van der Waals surface area contributed by atoms with Gasteiger partial charge in [0, 0.05) is 17.0 Å². The van der Waals surface area contributed by atoms with Gasteiger partial charge in [-0.05, 0) is 42.0 Å². The van der Waals surface area contributed by atoms with E-state index in [1.807, 2.05) is 68.5 Å². The van der Waals surface area contributed by atoms with Gasteiger partial charge in [0.05, 0.1) is 5.69 Å². The Morgan fingerprint density at radius 3 is 2.68 bits per heavy atom. The summed E-state index contributed by atoms with van der Waals surface area (Å²) in [6.45, 7) is 5.51. The number of amides is 1. The molecule has 0 saturated heterocycles. The van der Waals surface area contributed by atoms with E-state index in [0.29, 0.717) is 22.4 Å². The number of halogens is 1. The predicted molar refractivity (Wildman–Crippen MR) is 127 cm³/mol. The van der Waals surface area contributed by atoms with Crippen molar-refractivity contribution in [3.63, 3.8) is 0 Å². The molecule has 0 fully saturated rings. The summed E-state index contributed by atoms with van der Waals surface area (Å²) in [6, 6.07) is 15.6. The summed E-state index contributed by atoms with van der Waals surface area (Å²) in [6.07, 6.45) is 1.34. The number of hydrogen-bond donors (Lipinski definition) is 0. The first kappa shape index (κ1) is 21.5. The van der Waals surface area contributed by atoms with Gasteiger partial charge in [0.1, 0.15) is 0 Å². The van der Waals surface area contributed by atoms with E-state index >= 15 is 0 Å². The molecule has 1 amide bonds. The number of carbonyl (C=O) groups is 1. The number of aromatic nitrogens is 3. The number of carbonyl (C=O) groups excluding carboxylic acids is 1. The maximum atomic E-state index is 12.8. The summed E-state index contributed by atoms with van der Waals surface area (Å²) in [5.74, 6) is 1.04. The van der Waals surface area contributed by atoms with Gasteiger partial charge < -0.3 is 4.74 Å². The fourth-order valence-corrected chi connectivity index (χ4v) is 4.31. The van der Waals surface area contributed by atoms with E-state index in [1.54, 1.807) is 4.90 Å². The molecular weight excluding hydrogens is 476 g/mol. The zero-order valence-electron chi connectivity index (χ0n) is 17.4. The van der Waals surface area contributed by atoms with Crippen molar-refractivity contribution in [2.75, 3.05) is 10.7 Å². The molecule has 0 saturated carbocycles. The first-order valence-corrected chi connectivity index (χ1v) is 11.6. The number of anilines is 1. The first-order chi connectivity index (χ1) is 15.0. The number of hydrogen-bond acceptors (Lipinski definition) is 6. The maximum absolute atomic E-state index is 12.8. The number of nitrogens with zero attached hydrogens (tertiary/aromatic N) is 4. The van der Waals surface area contributed by atoms with Crippen LogP contribution in [0.5, 0.6) is 5.88 Å². The highest BCUT2D eigenvalue weighted by molar-refractivity contribution is 9.10. The second kappa shape index (κ2) is 9.20. The molecule has 158 valence electrons. The standard InChI is InChI=1S/C23H21BrN4O2S/c1-4-31-23-25-21-20(26-27-23)18-13-17(24)10-11-19(18)28(15(3)29)22(30-21)14(2)12-16-8-6-5-7-9-16/h5-13,22H,4H2,1-3H3. The van der Waals surface area contributed by atoms with Gasteiger partial charge in [0.2, 0.25) is 23.2 Å². The molecule has 3 aromatic rings. The van der Waals surface area contributed by atoms with Crippen LogP contribution in [0.25, 0.3) is 17.3 Å². The van der Waals surface area contributed by atoms with Crippen molar-refractivity contribution < 1.29 is 9.53 Å². The number of rotatable bonds is 4. The monoisotopic (exact) mass is 496 g/mol. The van der Waals surface area contributed by atoms with Gasteiger partial charge in [-0.1, -0.05) is 71.0 Å². The lowest BCUT2D eigenvalue weighted by atomic mass is 10.1. The minimum Gasteiger partial charge on any atom is -0.447 e. The molecule has 1 atom stereocenters. The van der Waals surface area contributed by atoms with Crippen LogP contribution in [0, 0.1) is 0 Å². The van der Waals surface area contributed by atoms with Gasteiger partial charge in [-0.15, -0.1) is 10.2 Å². The molecule has 4 rings (SSSR count). The Morgan fingerprint density at radius 2 is 1.97 bits per heavy atom. The molecule has 8 heteroatoms. The summed E-state index contributed by atoms with van der Waals surface area (Å²) in [5, 5.41) is 9.20. The lowest BCUT2D eigenvalue weighted by Crippen LogP contribution is -2.43. The third-order valence-electron chi connectivity index (χ3n) is 4.76. The Labute approximate surface area is 193 Å². The van der Waals surface area contributed by atoms with Crippen LogP contribution in [0.15, 0.2) is 63.7 Å². The molecule has 2 aromatic carbocycles. The smallest absolute Gasteiger partial charge is 0.247 e. The SMILES string of the molecule is CCSc1nnc2c(n1)OC(C(C)=Cc1ccccc1)N(C(C)=O)c1ccc(Br)cc1-2. The highest BCUT2D eigenvalue weighted by atomic mass is 79.9. The molecule has 0 spiro atoms. The van der Waals surface area contributed by atoms with Gasteiger partial charge in [0.25, 0.3) is 0 Å². The quantitative estimate of drug-likeness (QED) is 0.438. The number of benzene rings is 2. The zero-order chi connectivity index (χ0) is 22.0. The summed E-state index contributed by atoms with van der Waals surface area (Å²) in [4.78, 5) is 19.1. The van der Waals surface area contributed by atoms with Crippen molar-refractivity contribution in [3.05, 3.63) is 64.1 Å². The number of thioether (sulfide) groups is 1. The van der Waals surface area contributed by atoms with Crippen molar-refractivity contribution in [2.45, 2.75) is 32.2 Å². The second-order valence-corrected chi connectivity index (χ2v) is 9.15. The van der Waals surface area contributed by atoms with E-state index < -0.39 is 6.23 Å². The van der Waals surface area contributed by atoms with Crippen LogP contribution in [0.4, 0.5) is 5.69 Å². The topological polar surface area (TPSA) is 68.2 Å². The van der Waals surface area contributed by atoms with Crippen molar-refractivity contribution in [1.29, 1.82) is 0 Å². The molecule has 0 N–H and O–H groups in total. The molecule has 6 nitrogen and oxygen atoms in total. The summed E-state index contributed by atoms with van der Waals surface area (Å²) in [7, 11) is 0. The Kier molecular flexibility index (Phi) is 6.38. The van der Waals surface area contributed by atoms with E-state index in [9.17, 15) is 4.79 Å². The summed E-state index contributed by atoms with van der Waals surface area (Å²) in [5.41, 5.74) is 3.84. The highest BCUT2D eigenvalue weighted by Gasteiger charge is 2.34. The van der Waals surface area contributed by atoms with Crippen molar-refractivity contribution in [3.8, 4) is 17.1 Å². The zero-order valence-corrected chi connectivity index (χ0v) is 19.8. The minimum atomic E-state index is -0.671. The van der Waals surface area contributed by atoms with Crippen molar-refractivity contribution >= 4 is 45.4 Å². The Balaban J connectivity index is 1.91. The molecule has 1 aromatic heterocycles. The first-order valence-electron chi connectivity index (χ1n) is 9.85. The van der Waals surface area contributed by atoms with E-state index in [4.69, 9.17) is 4.74 Å². The Bertz CT molecular complexity index is 1150.